The number of hydrogen-bond donors (Lipinski definition) is 2. The lowest BCUT2D eigenvalue weighted by atomic mass is 9.90. The minimum Gasteiger partial charge on any atom is -0.490 e. The van der Waals surface area contributed by atoms with Crippen LogP contribution in [0.3, 0.4) is 0 Å². The quantitative estimate of drug-likeness (QED) is 0.732. The summed E-state index contributed by atoms with van der Waals surface area (Å²) in [6, 6.07) is 3.50. The molecule has 1 aromatic heterocycles. The van der Waals surface area contributed by atoms with E-state index in [1.807, 2.05) is 0 Å². The molecule has 1 aromatic rings. The van der Waals surface area contributed by atoms with Gasteiger partial charge in [0.1, 0.15) is 17.5 Å². The SMILES string of the molecule is NC(=O)c1cc(OC2CC(N)C2)ccn1. The summed E-state index contributed by atoms with van der Waals surface area (Å²) in [5.41, 5.74) is 11.0. The van der Waals surface area contributed by atoms with Gasteiger partial charge in [0.15, 0.2) is 0 Å². The summed E-state index contributed by atoms with van der Waals surface area (Å²) in [6.45, 7) is 0. The van der Waals surface area contributed by atoms with E-state index in [0.29, 0.717) is 5.75 Å². The summed E-state index contributed by atoms with van der Waals surface area (Å²) in [6.07, 6.45) is 3.37. The van der Waals surface area contributed by atoms with Crippen LogP contribution in [-0.4, -0.2) is 23.0 Å². The molecule has 1 heterocycles. The predicted octanol–water partition coefficient (Wildman–Crippen LogP) is 0.0490. The molecule has 5 nitrogen and oxygen atoms in total. The third kappa shape index (κ3) is 2.24. The molecule has 0 spiro atoms. The number of aromatic nitrogens is 1. The standard InChI is InChI=1S/C10H13N3O2/c11-6-3-8(4-6)15-7-1-2-13-9(5-7)10(12)14/h1-2,5-6,8H,3-4,11H2,(H2,12,14). The minimum absolute atomic E-state index is 0.156. The first-order valence-corrected chi connectivity index (χ1v) is 4.83. The summed E-state index contributed by atoms with van der Waals surface area (Å²) < 4.78 is 5.58. The van der Waals surface area contributed by atoms with Crippen molar-refractivity contribution in [3.05, 3.63) is 24.0 Å². The molecule has 0 bridgehead atoms. The van der Waals surface area contributed by atoms with Crippen molar-refractivity contribution in [2.75, 3.05) is 0 Å². The van der Waals surface area contributed by atoms with Crippen LogP contribution in [-0.2, 0) is 0 Å². The predicted molar refractivity (Wildman–Crippen MR) is 54.4 cm³/mol. The Kier molecular flexibility index (Phi) is 2.55. The lowest BCUT2D eigenvalue weighted by Gasteiger charge is -2.32. The van der Waals surface area contributed by atoms with Gasteiger partial charge in [-0.15, -0.1) is 0 Å². The average molecular weight is 207 g/mol. The van der Waals surface area contributed by atoms with E-state index in [4.69, 9.17) is 16.2 Å². The highest BCUT2D eigenvalue weighted by Crippen LogP contribution is 2.24. The van der Waals surface area contributed by atoms with Crippen LogP contribution in [0.15, 0.2) is 18.3 Å². The van der Waals surface area contributed by atoms with Crippen LogP contribution in [0.25, 0.3) is 0 Å². The van der Waals surface area contributed by atoms with Crippen molar-refractivity contribution in [2.24, 2.45) is 11.5 Å². The normalized spacial score (nSPS) is 24.3. The Morgan fingerprint density at radius 1 is 1.53 bits per heavy atom. The van der Waals surface area contributed by atoms with Crippen LogP contribution in [0.5, 0.6) is 5.75 Å². The molecule has 1 saturated carbocycles. The molecule has 0 unspecified atom stereocenters. The van der Waals surface area contributed by atoms with Gasteiger partial charge in [-0.25, -0.2) is 0 Å². The van der Waals surface area contributed by atoms with Crippen LogP contribution in [0.2, 0.25) is 0 Å². The third-order valence-corrected chi connectivity index (χ3v) is 2.42. The fourth-order valence-electron chi connectivity index (χ4n) is 1.51. The molecule has 0 saturated heterocycles. The Hall–Kier alpha value is -1.62. The number of ether oxygens (including phenoxy) is 1. The molecule has 15 heavy (non-hydrogen) atoms. The summed E-state index contributed by atoms with van der Waals surface area (Å²) >= 11 is 0. The molecule has 1 amide bonds. The number of hydrogen-bond acceptors (Lipinski definition) is 4. The summed E-state index contributed by atoms with van der Waals surface area (Å²) in [4.78, 5) is 14.7. The van der Waals surface area contributed by atoms with E-state index in [9.17, 15) is 4.79 Å². The van der Waals surface area contributed by atoms with Gasteiger partial charge in [-0.05, 0) is 18.9 Å². The number of nitrogens with zero attached hydrogens (tertiary/aromatic N) is 1. The maximum absolute atomic E-state index is 10.9. The summed E-state index contributed by atoms with van der Waals surface area (Å²) in [5, 5.41) is 0. The van der Waals surface area contributed by atoms with Crippen molar-refractivity contribution < 1.29 is 9.53 Å². The first-order chi connectivity index (χ1) is 7.15. The van der Waals surface area contributed by atoms with E-state index < -0.39 is 5.91 Å². The Labute approximate surface area is 87.4 Å². The molecule has 0 aliphatic heterocycles. The number of pyridine rings is 1. The zero-order valence-electron chi connectivity index (χ0n) is 8.22. The van der Waals surface area contributed by atoms with Crippen molar-refractivity contribution in [1.82, 2.24) is 4.98 Å². The van der Waals surface area contributed by atoms with Gasteiger partial charge in [0, 0.05) is 18.3 Å². The Morgan fingerprint density at radius 2 is 2.27 bits per heavy atom. The van der Waals surface area contributed by atoms with E-state index in [1.54, 1.807) is 12.1 Å². The molecule has 1 fully saturated rings. The summed E-state index contributed by atoms with van der Waals surface area (Å²) in [7, 11) is 0. The van der Waals surface area contributed by atoms with Crippen molar-refractivity contribution in [2.45, 2.75) is 25.0 Å². The molecule has 1 aliphatic rings. The number of nitrogens with two attached hydrogens (primary N) is 2. The molecule has 0 aromatic carbocycles. The molecule has 80 valence electrons. The third-order valence-electron chi connectivity index (χ3n) is 2.42. The maximum Gasteiger partial charge on any atom is 0.267 e. The lowest BCUT2D eigenvalue weighted by molar-refractivity contribution is 0.0970. The second kappa shape index (κ2) is 3.86. The van der Waals surface area contributed by atoms with E-state index in [1.165, 1.54) is 6.20 Å². The molecule has 1 aliphatic carbocycles. The van der Waals surface area contributed by atoms with Crippen LogP contribution < -0.4 is 16.2 Å². The van der Waals surface area contributed by atoms with E-state index in [0.717, 1.165) is 12.8 Å². The lowest BCUT2D eigenvalue weighted by Crippen LogP contribution is -2.43. The molecule has 0 radical (unpaired) electrons. The first kappa shape index (κ1) is 9.92. The van der Waals surface area contributed by atoms with Gasteiger partial charge in [-0.1, -0.05) is 0 Å². The average Bonchev–Trinajstić information content (AvgIpc) is 2.16. The fraction of sp³-hybridized carbons (Fsp3) is 0.400. The maximum atomic E-state index is 10.9. The molecular formula is C10H13N3O2. The van der Waals surface area contributed by atoms with Crippen molar-refractivity contribution in [1.29, 1.82) is 0 Å². The topological polar surface area (TPSA) is 91.2 Å². The molecule has 0 atom stereocenters. The second-order valence-electron chi connectivity index (χ2n) is 3.71. The van der Waals surface area contributed by atoms with E-state index in [2.05, 4.69) is 4.98 Å². The van der Waals surface area contributed by atoms with Gasteiger partial charge >= 0.3 is 0 Å². The Balaban J connectivity index is 2.02. The van der Waals surface area contributed by atoms with Crippen molar-refractivity contribution >= 4 is 5.91 Å². The minimum atomic E-state index is -0.550. The highest BCUT2D eigenvalue weighted by atomic mass is 16.5. The number of carbonyl (C=O) groups is 1. The van der Waals surface area contributed by atoms with E-state index >= 15 is 0 Å². The highest BCUT2D eigenvalue weighted by molar-refractivity contribution is 5.91. The zero-order valence-corrected chi connectivity index (χ0v) is 8.22. The number of amides is 1. The van der Waals surface area contributed by atoms with Crippen molar-refractivity contribution in [3.63, 3.8) is 0 Å². The van der Waals surface area contributed by atoms with Gasteiger partial charge in [0.2, 0.25) is 0 Å². The molecular weight excluding hydrogens is 194 g/mol. The van der Waals surface area contributed by atoms with E-state index in [-0.39, 0.29) is 17.8 Å². The Bertz CT molecular complexity index is 375. The Morgan fingerprint density at radius 3 is 2.87 bits per heavy atom. The monoisotopic (exact) mass is 207 g/mol. The highest BCUT2D eigenvalue weighted by Gasteiger charge is 2.27. The second-order valence-corrected chi connectivity index (χ2v) is 3.71. The number of carbonyl (C=O) groups excluding carboxylic acids is 1. The fourth-order valence-corrected chi connectivity index (χ4v) is 1.51. The molecule has 4 N–H and O–H groups in total. The van der Waals surface area contributed by atoms with Gasteiger partial charge in [-0.3, -0.25) is 9.78 Å². The van der Waals surface area contributed by atoms with Crippen molar-refractivity contribution in [3.8, 4) is 5.75 Å². The largest absolute Gasteiger partial charge is 0.490 e. The first-order valence-electron chi connectivity index (χ1n) is 4.83. The van der Waals surface area contributed by atoms with Crippen LogP contribution >= 0.6 is 0 Å². The smallest absolute Gasteiger partial charge is 0.267 e. The van der Waals surface area contributed by atoms with Crippen LogP contribution in [0, 0.1) is 0 Å². The van der Waals surface area contributed by atoms with Crippen LogP contribution in [0.1, 0.15) is 23.3 Å². The summed E-state index contributed by atoms with van der Waals surface area (Å²) in [5.74, 6) is 0.0708. The van der Waals surface area contributed by atoms with Gasteiger partial charge in [0.25, 0.3) is 5.91 Å². The molecule has 2 rings (SSSR count). The van der Waals surface area contributed by atoms with Gasteiger partial charge in [-0.2, -0.15) is 0 Å². The zero-order chi connectivity index (χ0) is 10.8. The van der Waals surface area contributed by atoms with Gasteiger partial charge in [0.05, 0.1) is 0 Å². The number of rotatable bonds is 3. The molecule has 5 heteroatoms. The number of primary amides is 1. The van der Waals surface area contributed by atoms with Gasteiger partial charge < -0.3 is 16.2 Å². The van der Waals surface area contributed by atoms with Crippen LogP contribution in [0.4, 0.5) is 0 Å².